The average molecular weight is 635 g/mol. The standard InChI is InChI=1S/C36H47FN4O5/c1-2-3-18-45-19-7-20-46-36(44)32-22-27-21-28(14-15-31(27)40-32)39-34(42)33-29(24-8-5-4-6-9-24)16-17-41(33)35(43)26-12-10-25(11-13-26)30(38)23-37/h4-6,8-9,14-15,21-22,25-26,29-30,33,40H,2-3,7,10-13,16-20,23,38H2,1H3,(H,39,42)/t25-,26-,29-,30-,33+/m1/s1. The maximum atomic E-state index is 14.0. The minimum Gasteiger partial charge on any atom is -0.461 e. The summed E-state index contributed by atoms with van der Waals surface area (Å²) in [4.78, 5) is 45.4. The number of aromatic amines is 1. The monoisotopic (exact) mass is 634 g/mol. The van der Waals surface area contributed by atoms with Crippen LogP contribution in [0.25, 0.3) is 10.9 Å². The molecule has 9 nitrogen and oxygen atoms in total. The average Bonchev–Trinajstić information content (AvgIpc) is 3.73. The Morgan fingerprint density at radius 2 is 1.76 bits per heavy atom. The highest BCUT2D eigenvalue weighted by Crippen LogP contribution is 2.38. The van der Waals surface area contributed by atoms with Crippen LogP contribution in [0.4, 0.5) is 10.1 Å². The van der Waals surface area contributed by atoms with Gasteiger partial charge >= 0.3 is 5.97 Å². The number of amides is 2. The molecule has 2 heterocycles. The smallest absolute Gasteiger partial charge is 0.354 e. The number of nitrogens with one attached hydrogen (secondary N) is 2. The molecule has 2 aromatic carbocycles. The van der Waals surface area contributed by atoms with E-state index in [0.717, 1.165) is 29.3 Å². The fourth-order valence-electron chi connectivity index (χ4n) is 6.86. The van der Waals surface area contributed by atoms with Crippen LogP contribution < -0.4 is 11.1 Å². The number of nitrogens with zero attached hydrogens (tertiary/aromatic N) is 1. The number of anilines is 1. The Labute approximate surface area is 270 Å². The molecule has 1 saturated heterocycles. The molecular formula is C36H47FN4O5. The van der Waals surface area contributed by atoms with Crippen LogP contribution in [0.5, 0.6) is 0 Å². The Kier molecular flexibility index (Phi) is 11.8. The number of hydrogen-bond acceptors (Lipinski definition) is 6. The number of carbonyl (C=O) groups is 3. The summed E-state index contributed by atoms with van der Waals surface area (Å²) in [6, 6.07) is 15.8. The molecule has 0 spiro atoms. The largest absolute Gasteiger partial charge is 0.461 e. The summed E-state index contributed by atoms with van der Waals surface area (Å²) in [6.45, 7) is 3.59. The first-order valence-corrected chi connectivity index (χ1v) is 16.7. The predicted molar refractivity (Wildman–Crippen MR) is 176 cm³/mol. The molecule has 0 radical (unpaired) electrons. The van der Waals surface area contributed by atoms with E-state index in [9.17, 15) is 18.8 Å². The zero-order valence-corrected chi connectivity index (χ0v) is 26.7. The van der Waals surface area contributed by atoms with Crippen LogP contribution >= 0.6 is 0 Å². The van der Waals surface area contributed by atoms with Gasteiger partial charge in [-0.1, -0.05) is 43.7 Å². The van der Waals surface area contributed by atoms with Crippen molar-refractivity contribution in [3.63, 3.8) is 0 Å². The molecule has 248 valence electrons. The van der Waals surface area contributed by atoms with Crippen molar-refractivity contribution in [1.82, 2.24) is 9.88 Å². The molecule has 1 aliphatic heterocycles. The third-order valence-electron chi connectivity index (χ3n) is 9.50. The van der Waals surface area contributed by atoms with Crippen molar-refractivity contribution in [2.45, 2.75) is 76.3 Å². The van der Waals surface area contributed by atoms with Crippen LogP contribution in [0, 0.1) is 11.8 Å². The number of hydrogen-bond donors (Lipinski definition) is 3. The van der Waals surface area contributed by atoms with E-state index in [2.05, 4.69) is 17.2 Å². The first-order valence-electron chi connectivity index (χ1n) is 16.7. The lowest BCUT2D eigenvalue weighted by Crippen LogP contribution is -2.48. The molecular weight excluding hydrogens is 587 g/mol. The van der Waals surface area contributed by atoms with Gasteiger partial charge in [0.1, 0.15) is 18.4 Å². The number of benzene rings is 2. The Balaban J connectivity index is 1.25. The molecule has 1 aliphatic carbocycles. The molecule has 5 rings (SSSR count). The summed E-state index contributed by atoms with van der Waals surface area (Å²) < 4.78 is 24.1. The number of ether oxygens (including phenoxy) is 2. The van der Waals surface area contributed by atoms with Gasteiger partial charge in [0.05, 0.1) is 6.61 Å². The predicted octanol–water partition coefficient (Wildman–Crippen LogP) is 5.96. The zero-order chi connectivity index (χ0) is 32.5. The van der Waals surface area contributed by atoms with Gasteiger partial charge in [-0.2, -0.15) is 0 Å². The second kappa shape index (κ2) is 16.2. The van der Waals surface area contributed by atoms with Crippen molar-refractivity contribution >= 4 is 34.4 Å². The topological polar surface area (TPSA) is 127 Å². The van der Waals surface area contributed by atoms with Crippen molar-refractivity contribution in [1.29, 1.82) is 0 Å². The number of aromatic nitrogens is 1. The van der Waals surface area contributed by atoms with Crippen LogP contribution in [0.1, 0.15) is 80.3 Å². The van der Waals surface area contributed by atoms with Gasteiger partial charge in [-0.25, -0.2) is 9.18 Å². The number of rotatable bonds is 14. The number of halogens is 1. The fourth-order valence-corrected chi connectivity index (χ4v) is 6.86. The molecule has 46 heavy (non-hydrogen) atoms. The quantitative estimate of drug-likeness (QED) is 0.148. The Bertz CT molecular complexity index is 1460. The summed E-state index contributed by atoms with van der Waals surface area (Å²) in [5, 5.41) is 3.82. The van der Waals surface area contributed by atoms with Gasteiger partial charge in [0.15, 0.2) is 0 Å². The van der Waals surface area contributed by atoms with Crippen LogP contribution in [0.3, 0.4) is 0 Å². The number of likely N-dealkylation sites (tertiary alicyclic amines) is 1. The minimum atomic E-state index is -0.667. The summed E-state index contributed by atoms with van der Waals surface area (Å²) in [5.74, 6) is -0.955. The highest BCUT2D eigenvalue weighted by molar-refractivity contribution is 6.01. The second-order valence-electron chi connectivity index (χ2n) is 12.6. The van der Waals surface area contributed by atoms with Crippen molar-refractivity contribution < 1.29 is 28.2 Å². The molecule has 1 saturated carbocycles. The third-order valence-corrected chi connectivity index (χ3v) is 9.50. The van der Waals surface area contributed by atoms with Gasteiger partial charge in [0.2, 0.25) is 11.8 Å². The van der Waals surface area contributed by atoms with Gasteiger partial charge in [0.25, 0.3) is 0 Å². The molecule has 3 aromatic rings. The van der Waals surface area contributed by atoms with E-state index in [4.69, 9.17) is 15.2 Å². The maximum absolute atomic E-state index is 14.0. The zero-order valence-electron chi connectivity index (χ0n) is 26.7. The SMILES string of the molecule is CCCCOCCCOC(=O)c1cc2cc(NC(=O)[C@@H]3[C@@H](c4ccccc4)CCN3C(=O)[C@H]3CC[C@H]([C@H](N)CF)CC3)ccc2[nH]1. The van der Waals surface area contributed by atoms with E-state index in [1.165, 1.54) is 0 Å². The van der Waals surface area contributed by atoms with E-state index in [-0.39, 0.29) is 36.2 Å². The lowest BCUT2D eigenvalue weighted by molar-refractivity contribution is -0.141. The van der Waals surface area contributed by atoms with Crippen LogP contribution in [-0.4, -0.2) is 72.8 Å². The molecule has 3 atom stereocenters. The lowest BCUT2D eigenvalue weighted by Gasteiger charge is -2.35. The summed E-state index contributed by atoms with van der Waals surface area (Å²) >= 11 is 0. The second-order valence-corrected chi connectivity index (χ2v) is 12.6. The first-order chi connectivity index (χ1) is 22.4. The molecule has 2 aliphatic rings. The van der Waals surface area contributed by atoms with Gasteiger partial charge in [-0.3, -0.25) is 9.59 Å². The molecule has 10 heteroatoms. The maximum Gasteiger partial charge on any atom is 0.354 e. The number of esters is 1. The van der Waals surface area contributed by atoms with Crippen LogP contribution in [0.15, 0.2) is 54.6 Å². The Morgan fingerprint density at radius 1 is 1.00 bits per heavy atom. The molecule has 4 N–H and O–H groups in total. The van der Waals surface area contributed by atoms with Crippen molar-refractivity contribution in [3.05, 3.63) is 65.9 Å². The number of alkyl halides is 1. The molecule has 2 amide bonds. The van der Waals surface area contributed by atoms with E-state index in [0.29, 0.717) is 69.7 Å². The van der Waals surface area contributed by atoms with Gasteiger partial charge in [0, 0.05) is 60.6 Å². The van der Waals surface area contributed by atoms with Gasteiger partial charge < -0.3 is 30.4 Å². The minimum absolute atomic E-state index is 0.0115. The normalized spacial score (nSPS) is 22.1. The molecule has 2 fully saturated rings. The summed E-state index contributed by atoms with van der Waals surface area (Å²) in [5.41, 5.74) is 8.63. The molecule has 0 bridgehead atoms. The highest BCUT2D eigenvalue weighted by Gasteiger charge is 2.44. The number of unbranched alkanes of at least 4 members (excludes halogenated alkanes) is 1. The van der Waals surface area contributed by atoms with Crippen molar-refractivity contribution in [2.24, 2.45) is 17.6 Å². The fraction of sp³-hybridized carbons (Fsp3) is 0.528. The molecule has 1 aromatic heterocycles. The van der Waals surface area contributed by atoms with E-state index >= 15 is 0 Å². The third kappa shape index (κ3) is 8.14. The van der Waals surface area contributed by atoms with Crippen LogP contribution in [0.2, 0.25) is 0 Å². The number of H-pyrrole nitrogens is 1. The van der Waals surface area contributed by atoms with E-state index in [1.54, 1.807) is 17.0 Å². The highest BCUT2D eigenvalue weighted by atomic mass is 19.1. The summed E-state index contributed by atoms with van der Waals surface area (Å²) in [7, 11) is 0. The van der Waals surface area contributed by atoms with E-state index < -0.39 is 24.7 Å². The lowest BCUT2D eigenvalue weighted by atomic mass is 9.78. The van der Waals surface area contributed by atoms with E-state index in [1.807, 2.05) is 42.5 Å². The first kappa shape index (κ1) is 33.6. The van der Waals surface area contributed by atoms with Gasteiger partial charge in [-0.15, -0.1) is 0 Å². The number of nitrogens with two attached hydrogens (primary N) is 1. The Hall–Kier alpha value is -3.76. The molecule has 0 unspecified atom stereocenters. The summed E-state index contributed by atoms with van der Waals surface area (Å²) in [6.07, 6.45) is 6.15. The number of fused-ring (bicyclic) bond motifs is 1. The van der Waals surface area contributed by atoms with Gasteiger partial charge in [-0.05, 0) is 74.3 Å². The van der Waals surface area contributed by atoms with Crippen molar-refractivity contribution in [2.75, 3.05) is 38.4 Å². The number of carbonyl (C=O) groups excluding carboxylic acids is 3. The Morgan fingerprint density at radius 3 is 2.50 bits per heavy atom. The van der Waals surface area contributed by atoms with Crippen molar-refractivity contribution in [3.8, 4) is 0 Å². The van der Waals surface area contributed by atoms with Crippen LogP contribution in [-0.2, 0) is 19.1 Å².